The van der Waals surface area contributed by atoms with Crippen LogP contribution in [0.25, 0.3) is 0 Å². The summed E-state index contributed by atoms with van der Waals surface area (Å²) in [6.07, 6.45) is 3.31. The Labute approximate surface area is 166 Å². The highest BCUT2D eigenvalue weighted by Gasteiger charge is 2.37. The molecule has 0 aliphatic carbocycles. The molecule has 1 aromatic carbocycles. The van der Waals surface area contributed by atoms with Gasteiger partial charge in [0.15, 0.2) is 0 Å². The van der Waals surface area contributed by atoms with Crippen molar-refractivity contribution in [1.29, 1.82) is 0 Å². The van der Waals surface area contributed by atoms with Crippen LogP contribution in [0.2, 0.25) is 0 Å². The molecule has 3 heterocycles. The Morgan fingerprint density at radius 3 is 2.31 bits per heavy atom. The van der Waals surface area contributed by atoms with Gasteiger partial charge in [-0.25, -0.2) is 8.42 Å². The number of nitrogens with zero attached hydrogens (tertiary/aromatic N) is 4. The molecule has 11 heteroatoms. The number of amides is 1. The number of carbonyl (C=O) groups excluding carboxylic acids is 1. The maximum absolute atomic E-state index is 12.8. The van der Waals surface area contributed by atoms with Crippen molar-refractivity contribution >= 4 is 15.9 Å². The van der Waals surface area contributed by atoms with Gasteiger partial charge in [-0.15, -0.1) is 0 Å². The number of rotatable bonds is 6. The lowest BCUT2D eigenvalue weighted by molar-refractivity contribution is -0.130. The maximum atomic E-state index is 12.8. The van der Waals surface area contributed by atoms with Gasteiger partial charge < -0.3 is 9.64 Å². The SMILES string of the molecule is O=C(Cn1cccn1)N1CC2=C(C1)CN(S(=O)(=O)c1ccc(OC(F)F)cc1)C2. The average Bonchev–Trinajstić information content (AvgIpc) is 3.37. The summed E-state index contributed by atoms with van der Waals surface area (Å²) in [5.74, 6) is -0.181. The van der Waals surface area contributed by atoms with Crippen LogP contribution in [0.4, 0.5) is 8.78 Å². The first kappa shape index (κ1) is 19.5. The molecule has 0 N–H and O–H groups in total. The summed E-state index contributed by atoms with van der Waals surface area (Å²) in [7, 11) is -3.77. The molecular weight excluding hydrogens is 406 g/mol. The van der Waals surface area contributed by atoms with Crippen LogP contribution in [0.15, 0.2) is 58.8 Å². The molecule has 0 saturated heterocycles. The number of alkyl halides is 2. The van der Waals surface area contributed by atoms with Crippen molar-refractivity contribution in [3.05, 3.63) is 53.9 Å². The Balaban J connectivity index is 1.38. The minimum atomic E-state index is -3.77. The number of hydrogen-bond acceptors (Lipinski definition) is 5. The normalized spacial score (nSPS) is 17.3. The fraction of sp³-hybridized carbons (Fsp3) is 0.333. The first-order chi connectivity index (χ1) is 13.8. The third-order valence-corrected chi connectivity index (χ3v) is 6.70. The third-order valence-electron chi connectivity index (χ3n) is 4.89. The van der Waals surface area contributed by atoms with E-state index in [9.17, 15) is 22.0 Å². The molecule has 1 aromatic heterocycles. The second kappa shape index (κ2) is 7.56. The maximum Gasteiger partial charge on any atom is 0.387 e. The fourth-order valence-electron chi connectivity index (χ4n) is 3.47. The molecule has 0 atom stereocenters. The predicted octanol–water partition coefficient (Wildman–Crippen LogP) is 1.33. The first-order valence-corrected chi connectivity index (χ1v) is 10.3. The summed E-state index contributed by atoms with van der Waals surface area (Å²) in [5.41, 5.74) is 1.83. The van der Waals surface area contributed by atoms with Crippen molar-refractivity contribution in [2.45, 2.75) is 18.1 Å². The number of halogens is 2. The van der Waals surface area contributed by atoms with Crippen molar-refractivity contribution in [2.75, 3.05) is 26.2 Å². The van der Waals surface area contributed by atoms with E-state index in [-0.39, 0.29) is 36.2 Å². The third kappa shape index (κ3) is 4.01. The summed E-state index contributed by atoms with van der Waals surface area (Å²) in [6, 6.07) is 6.63. The minimum Gasteiger partial charge on any atom is -0.435 e. The number of benzene rings is 1. The summed E-state index contributed by atoms with van der Waals surface area (Å²) in [4.78, 5) is 14.1. The monoisotopic (exact) mass is 424 g/mol. The molecule has 0 radical (unpaired) electrons. The zero-order chi connectivity index (χ0) is 20.6. The molecular formula is C18H18F2N4O4S. The van der Waals surface area contributed by atoms with Gasteiger partial charge in [0, 0.05) is 38.6 Å². The molecule has 29 heavy (non-hydrogen) atoms. The molecule has 4 rings (SSSR count). The average molecular weight is 424 g/mol. The Kier molecular flexibility index (Phi) is 5.09. The minimum absolute atomic E-state index is 0.00639. The lowest BCUT2D eigenvalue weighted by Crippen LogP contribution is -2.37. The van der Waals surface area contributed by atoms with E-state index in [0.717, 1.165) is 11.1 Å². The van der Waals surface area contributed by atoms with Crippen molar-refractivity contribution < 1.29 is 26.7 Å². The lowest BCUT2D eigenvalue weighted by atomic mass is 10.2. The standard InChI is InChI=1S/C18H18F2N4O4S/c19-18(20)28-15-2-4-16(5-3-15)29(26,27)24-10-13-8-22(9-14(13)11-24)17(25)12-23-7-1-6-21-23/h1-7,18H,8-12H2. The number of sulfonamides is 1. The second-order valence-electron chi connectivity index (χ2n) is 6.78. The first-order valence-electron chi connectivity index (χ1n) is 8.83. The van der Waals surface area contributed by atoms with Gasteiger partial charge in [-0.2, -0.15) is 18.2 Å². The number of hydrogen-bond donors (Lipinski definition) is 0. The molecule has 0 bridgehead atoms. The molecule has 0 unspecified atom stereocenters. The van der Waals surface area contributed by atoms with Gasteiger partial charge in [-0.05, 0) is 41.5 Å². The topological polar surface area (TPSA) is 84.7 Å². The molecule has 8 nitrogen and oxygen atoms in total. The summed E-state index contributed by atoms with van der Waals surface area (Å²) in [6.45, 7) is -1.63. The van der Waals surface area contributed by atoms with E-state index in [2.05, 4.69) is 9.84 Å². The Hall–Kier alpha value is -2.79. The molecule has 1 amide bonds. The van der Waals surface area contributed by atoms with Crippen LogP contribution >= 0.6 is 0 Å². The number of aromatic nitrogens is 2. The van der Waals surface area contributed by atoms with Crippen LogP contribution in [0.5, 0.6) is 5.75 Å². The van der Waals surface area contributed by atoms with Gasteiger partial charge in [0.1, 0.15) is 12.3 Å². The van der Waals surface area contributed by atoms with E-state index in [0.29, 0.717) is 13.1 Å². The molecule has 2 aliphatic heterocycles. The van der Waals surface area contributed by atoms with E-state index < -0.39 is 16.6 Å². The molecule has 0 saturated carbocycles. The van der Waals surface area contributed by atoms with Crippen molar-refractivity contribution in [1.82, 2.24) is 19.0 Å². The van der Waals surface area contributed by atoms with Gasteiger partial charge >= 0.3 is 6.61 Å². The van der Waals surface area contributed by atoms with Crippen LogP contribution in [0.1, 0.15) is 0 Å². The zero-order valence-corrected chi connectivity index (χ0v) is 16.1. The molecule has 0 fully saturated rings. The van der Waals surface area contributed by atoms with E-state index in [4.69, 9.17) is 0 Å². The predicted molar refractivity (Wildman–Crippen MR) is 97.7 cm³/mol. The van der Waals surface area contributed by atoms with Crippen LogP contribution in [0.3, 0.4) is 0 Å². The van der Waals surface area contributed by atoms with E-state index in [1.165, 1.54) is 28.6 Å². The highest BCUT2D eigenvalue weighted by atomic mass is 32.2. The van der Waals surface area contributed by atoms with Crippen molar-refractivity contribution in [3.63, 3.8) is 0 Å². The second-order valence-corrected chi connectivity index (χ2v) is 8.72. The number of carbonyl (C=O) groups is 1. The van der Waals surface area contributed by atoms with E-state index in [1.807, 2.05) is 0 Å². The van der Waals surface area contributed by atoms with Crippen LogP contribution in [-0.4, -0.2) is 66.1 Å². The quantitative estimate of drug-likeness (QED) is 0.654. The molecule has 2 aromatic rings. The highest BCUT2D eigenvalue weighted by molar-refractivity contribution is 7.89. The molecule has 154 valence electrons. The summed E-state index contributed by atoms with van der Waals surface area (Å²) >= 11 is 0. The van der Waals surface area contributed by atoms with Crippen LogP contribution in [-0.2, 0) is 21.4 Å². The largest absolute Gasteiger partial charge is 0.435 e. The van der Waals surface area contributed by atoms with Crippen LogP contribution in [0, 0.1) is 0 Å². The van der Waals surface area contributed by atoms with Gasteiger partial charge in [-0.3, -0.25) is 9.48 Å². The Morgan fingerprint density at radius 1 is 1.10 bits per heavy atom. The number of ether oxygens (including phenoxy) is 1. The van der Waals surface area contributed by atoms with Gasteiger partial charge in [-0.1, -0.05) is 0 Å². The van der Waals surface area contributed by atoms with Gasteiger partial charge in [0.2, 0.25) is 15.9 Å². The Bertz CT molecular complexity index is 1020. The van der Waals surface area contributed by atoms with Gasteiger partial charge in [0.25, 0.3) is 0 Å². The zero-order valence-electron chi connectivity index (χ0n) is 15.2. The van der Waals surface area contributed by atoms with Gasteiger partial charge in [0.05, 0.1) is 4.90 Å². The smallest absolute Gasteiger partial charge is 0.387 e. The van der Waals surface area contributed by atoms with Crippen molar-refractivity contribution in [3.8, 4) is 5.75 Å². The van der Waals surface area contributed by atoms with Crippen molar-refractivity contribution in [2.24, 2.45) is 0 Å². The molecule has 0 spiro atoms. The summed E-state index contributed by atoms with van der Waals surface area (Å²) in [5, 5.41) is 4.02. The highest BCUT2D eigenvalue weighted by Crippen LogP contribution is 2.30. The van der Waals surface area contributed by atoms with Crippen LogP contribution < -0.4 is 4.74 Å². The Morgan fingerprint density at radius 2 is 1.76 bits per heavy atom. The van der Waals surface area contributed by atoms with E-state index >= 15 is 0 Å². The lowest BCUT2D eigenvalue weighted by Gasteiger charge is -2.23. The molecule has 2 aliphatic rings. The summed E-state index contributed by atoms with van der Waals surface area (Å²) < 4.78 is 57.3. The van der Waals surface area contributed by atoms with E-state index in [1.54, 1.807) is 28.0 Å². The fourth-order valence-corrected chi connectivity index (χ4v) is 4.90.